The molecule has 0 fully saturated rings. The standard InChI is InChI=1S/C31H39N5O7/c1-20-32-24(17-36(20)25(27(38)39)22-15-11-8-12-16-22)34-26(37)23(19-42-18-21-13-9-7-10-14-21)33-28(40)31(5,6)35-29(41)43-30(2,3)4/h7-17,23,25H,18-19H2,1-6H3,(H,33,40)(H,34,37)(H,35,41)(H,38,39)/t23-,25?/m1/s1. The van der Waals surface area contributed by atoms with Gasteiger partial charge in [-0.2, -0.15) is 0 Å². The number of anilines is 1. The van der Waals surface area contributed by atoms with E-state index in [9.17, 15) is 24.3 Å². The van der Waals surface area contributed by atoms with E-state index in [1.54, 1.807) is 58.0 Å². The Morgan fingerprint density at radius 2 is 1.56 bits per heavy atom. The van der Waals surface area contributed by atoms with Crippen LogP contribution in [0.1, 0.15) is 57.6 Å². The van der Waals surface area contributed by atoms with E-state index in [-0.39, 0.29) is 19.0 Å². The Balaban J connectivity index is 1.78. The van der Waals surface area contributed by atoms with E-state index in [1.807, 2.05) is 30.3 Å². The van der Waals surface area contributed by atoms with Crippen LogP contribution in [-0.2, 0) is 30.5 Å². The van der Waals surface area contributed by atoms with Crippen LogP contribution in [0.25, 0.3) is 0 Å². The average Bonchev–Trinajstić information content (AvgIpc) is 3.26. The first-order valence-electron chi connectivity index (χ1n) is 13.7. The number of aryl methyl sites for hydroxylation is 1. The van der Waals surface area contributed by atoms with Crippen molar-refractivity contribution in [2.75, 3.05) is 11.9 Å². The minimum atomic E-state index is -1.44. The Morgan fingerprint density at radius 3 is 2.14 bits per heavy atom. The van der Waals surface area contributed by atoms with E-state index >= 15 is 0 Å². The Labute approximate surface area is 250 Å². The number of hydrogen-bond donors (Lipinski definition) is 4. The number of alkyl carbamates (subject to hydrolysis) is 1. The molecule has 0 aliphatic rings. The largest absolute Gasteiger partial charge is 0.479 e. The van der Waals surface area contributed by atoms with Gasteiger partial charge in [-0.25, -0.2) is 14.6 Å². The number of nitrogens with zero attached hydrogens (tertiary/aromatic N) is 2. The average molecular weight is 594 g/mol. The van der Waals surface area contributed by atoms with Gasteiger partial charge < -0.3 is 35.1 Å². The first kappa shape index (κ1) is 32.8. The predicted molar refractivity (Wildman–Crippen MR) is 159 cm³/mol. The Morgan fingerprint density at radius 1 is 0.953 bits per heavy atom. The third-order valence-corrected chi connectivity index (χ3v) is 6.19. The second kappa shape index (κ2) is 14.0. The van der Waals surface area contributed by atoms with Crippen LogP contribution in [0.4, 0.5) is 10.6 Å². The number of aromatic nitrogens is 2. The molecule has 2 atom stereocenters. The summed E-state index contributed by atoms with van der Waals surface area (Å²) in [4.78, 5) is 55.5. The van der Waals surface area contributed by atoms with Crippen molar-refractivity contribution in [3.8, 4) is 0 Å². The van der Waals surface area contributed by atoms with E-state index in [1.165, 1.54) is 24.6 Å². The van der Waals surface area contributed by atoms with Gasteiger partial charge >= 0.3 is 12.1 Å². The SMILES string of the molecule is Cc1nc(NC(=O)[C@@H](COCc2ccccc2)NC(=O)C(C)(C)NC(=O)OC(C)(C)C)cn1C(C(=O)O)c1ccccc1. The molecule has 0 radical (unpaired) electrons. The van der Waals surface area contributed by atoms with Crippen molar-refractivity contribution in [2.45, 2.75) is 71.4 Å². The summed E-state index contributed by atoms with van der Waals surface area (Å²) in [7, 11) is 0. The van der Waals surface area contributed by atoms with Crippen molar-refractivity contribution in [3.63, 3.8) is 0 Å². The summed E-state index contributed by atoms with van der Waals surface area (Å²) in [6, 6.07) is 15.7. The van der Waals surface area contributed by atoms with Crippen LogP contribution < -0.4 is 16.0 Å². The minimum Gasteiger partial charge on any atom is -0.479 e. The number of hydrogen-bond acceptors (Lipinski definition) is 7. The summed E-state index contributed by atoms with van der Waals surface area (Å²) >= 11 is 0. The lowest BCUT2D eigenvalue weighted by molar-refractivity contribution is -0.139. The predicted octanol–water partition coefficient (Wildman–Crippen LogP) is 3.81. The summed E-state index contributed by atoms with van der Waals surface area (Å²) in [5.74, 6) is -1.94. The lowest BCUT2D eigenvalue weighted by atomic mass is 10.0. The van der Waals surface area contributed by atoms with Crippen molar-refractivity contribution in [1.29, 1.82) is 0 Å². The highest BCUT2D eigenvalue weighted by molar-refractivity contribution is 5.98. The van der Waals surface area contributed by atoms with Crippen LogP contribution in [0, 0.1) is 6.92 Å². The lowest BCUT2D eigenvalue weighted by Gasteiger charge is -2.29. The molecule has 12 nitrogen and oxygen atoms in total. The van der Waals surface area contributed by atoms with Crippen LogP contribution in [0.3, 0.4) is 0 Å². The quantitative estimate of drug-likeness (QED) is 0.247. The zero-order valence-corrected chi connectivity index (χ0v) is 25.2. The number of nitrogens with one attached hydrogen (secondary N) is 3. The summed E-state index contributed by atoms with van der Waals surface area (Å²) in [5, 5.41) is 17.8. The highest BCUT2D eigenvalue weighted by Gasteiger charge is 2.35. The number of carbonyl (C=O) groups excluding carboxylic acids is 3. The first-order valence-corrected chi connectivity index (χ1v) is 13.7. The van der Waals surface area contributed by atoms with E-state index < -0.39 is 47.1 Å². The number of carbonyl (C=O) groups is 4. The van der Waals surface area contributed by atoms with Crippen LogP contribution in [0.15, 0.2) is 66.9 Å². The molecule has 3 rings (SSSR count). The molecule has 43 heavy (non-hydrogen) atoms. The molecular weight excluding hydrogens is 554 g/mol. The number of carboxylic acid groups (broad SMARTS) is 1. The highest BCUT2D eigenvalue weighted by Crippen LogP contribution is 2.23. The van der Waals surface area contributed by atoms with E-state index in [2.05, 4.69) is 20.9 Å². The fraction of sp³-hybridized carbons (Fsp3) is 0.387. The molecule has 230 valence electrons. The van der Waals surface area contributed by atoms with Crippen molar-refractivity contribution in [3.05, 3.63) is 83.8 Å². The molecule has 0 saturated heterocycles. The molecule has 0 aliphatic carbocycles. The molecule has 1 unspecified atom stereocenters. The number of ether oxygens (including phenoxy) is 2. The molecule has 3 amide bonds. The maximum absolute atomic E-state index is 13.4. The lowest BCUT2D eigenvalue weighted by Crippen LogP contribution is -2.59. The van der Waals surface area contributed by atoms with Crippen molar-refractivity contribution >= 4 is 29.7 Å². The van der Waals surface area contributed by atoms with Gasteiger partial charge in [0, 0.05) is 6.20 Å². The molecule has 2 aromatic carbocycles. The Hall–Kier alpha value is -4.71. The molecule has 0 aliphatic heterocycles. The molecule has 3 aromatic rings. The Kier molecular flexibility index (Phi) is 10.7. The van der Waals surface area contributed by atoms with Crippen molar-refractivity contribution < 1.29 is 33.8 Å². The van der Waals surface area contributed by atoms with Gasteiger partial charge in [-0.05, 0) is 52.7 Å². The third kappa shape index (κ3) is 9.67. The number of rotatable bonds is 12. The maximum atomic E-state index is 13.4. The van der Waals surface area contributed by atoms with Crippen molar-refractivity contribution in [1.82, 2.24) is 20.2 Å². The molecular formula is C31H39N5O7. The van der Waals surface area contributed by atoms with E-state index in [4.69, 9.17) is 9.47 Å². The van der Waals surface area contributed by atoms with Gasteiger partial charge in [0.2, 0.25) is 5.91 Å². The minimum absolute atomic E-state index is 0.0955. The molecule has 0 spiro atoms. The van der Waals surface area contributed by atoms with Gasteiger partial charge in [0.05, 0.1) is 13.2 Å². The number of imidazole rings is 1. The number of amides is 3. The molecule has 1 heterocycles. The van der Waals surface area contributed by atoms with Gasteiger partial charge in [0.25, 0.3) is 5.91 Å². The fourth-order valence-corrected chi connectivity index (χ4v) is 4.08. The third-order valence-electron chi connectivity index (χ3n) is 6.19. The van der Waals surface area contributed by atoms with Gasteiger partial charge in [0.15, 0.2) is 11.9 Å². The smallest absolute Gasteiger partial charge is 0.408 e. The van der Waals surface area contributed by atoms with Crippen molar-refractivity contribution in [2.24, 2.45) is 0 Å². The monoisotopic (exact) mass is 593 g/mol. The normalized spacial score (nSPS) is 13.0. The zero-order chi connectivity index (χ0) is 31.8. The van der Waals surface area contributed by atoms with Crippen LogP contribution >= 0.6 is 0 Å². The number of benzene rings is 2. The summed E-state index contributed by atoms with van der Waals surface area (Å²) < 4.78 is 12.5. The summed E-state index contributed by atoms with van der Waals surface area (Å²) in [6.07, 6.45) is 0.637. The van der Waals surface area contributed by atoms with Crippen LogP contribution in [-0.4, -0.2) is 62.3 Å². The van der Waals surface area contributed by atoms with Crippen LogP contribution in [0.5, 0.6) is 0 Å². The molecule has 12 heteroatoms. The van der Waals surface area contributed by atoms with Crippen LogP contribution in [0.2, 0.25) is 0 Å². The maximum Gasteiger partial charge on any atom is 0.408 e. The summed E-state index contributed by atoms with van der Waals surface area (Å²) in [5.41, 5.74) is -0.808. The summed E-state index contributed by atoms with van der Waals surface area (Å²) in [6.45, 7) is 9.67. The van der Waals surface area contributed by atoms with Gasteiger partial charge in [-0.15, -0.1) is 0 Å². The molecule has 0 bridgehead atoms. The van der Waals surface area contributed by atoms with Gasteiger partial charge in [-0.1, -0.05) is 60.7 Å². The number of aliphatic carboxylic acids is 1. The molecule has 4 N–H and O–H groups in total. The fourth-order valence-electron chi connectivity index (χ4n) is 4.08. The molecule has 1 aromatic heterocycles. The van der Waals surface area contributed by atoms with E-state index in [0.29, 0.717) is 11.4 Å². The topological polar surface area (TPSA) is 161 Å². The highest BCUT2D eigenvalue weighted by atomic mass is 16.6. The first-order chi connectivity index (χ1) is 20.2. The number of carboxylic acids is 1. The zero-order valence-electron chi connectivity index (χ0n) is 25.2. The molecule has 0 saturated carbocycles. The van der Waals surface area contributed by atoms with Gasteiger partial charge in [0.1, 0.15) is 23.0 Å². The second-order valence-corrected chi connectivity index (χ2v) is 11.5. The second-order valence-electron chi connectivity index (χ2n) is 11.5. The van der Waals surface area contributed by atoms with E-state index in [0.717, 1.165) is 5.56 Å². The Bertz CT molecular complexity index is 1420. The van der Waals surface area contributed by atoms with Gasteiger partial charge in [-0.3, -0.25) is 9.59 Å².